The summed E-state index contributed by atoms with van der Waals surface area (Å²) in [6.45, 7) is 5.93. The number of carbonyl (C=O) groups is 1. The number of rotatable bonds is 5. The number of esters is 1. The van der Waals surface area contributed by atoms with Gasteiger partial charge in [0.15, 0.2) is 0 Å². The molecule has 1 aliphatic rings. The van der Waals surface area contributed by atoms with Crippen LogP contribution in [0.3, 0.4) is 0 Å². The molecule has 21 heavy (non-hydrogen) atoms. The molecule has 0 saturated carbocycles. The summed E-state index contributed by atoms with van der Waals surface area (Å²) in [5.74, 6) is -0.629. The van der Waals surface area contributed by atoms with Crippen molar-refractivity contribution in [2.45, 2.75) is 38.6 Å². The lowest BCUT2D eigenvalue weighted by Crippen LogP contribution is -2.44. The molecule has 0 aliphatic carbocycles. The van der Waals surface area contributed by atoms with Crippen LogP contribution in [0.25, 0.3) is 0 Å². The SMILES string of the molecule is CCOC(=O)CC(C)(c1ccc(F)cc1Cl)N1CCCC1. The lowest BCUT2D eigenvalue weighted by molar-refractivity contribution is -0.146. The van der Waals surface area contributed by atoms with E-state index >= 15 is 0 Å². The number of hydrogen-bond donors (Lipinski definition) is 0. The van der Waals surface area contributed by atoms with E-state index in [0.29, 0.717) is 11.6 Å². The summed E-state index contributed by atoms with van der Waals surface area (Å²) in [7, 11) is 0. The lowest BCUT2D eigenvalue weighted by Gasteiger charge is -2.39. The average Bonchev–Trinajstić information content (AvgIpc) is 2.92. The van der Waals surface area contributed by atoms with Crippen LogP contribution in [0.1, 0.15) is 38.7 Å². The van der Waals surface area contributed by atoms with Crippen LogP contribution in [0.4, 0.5) is 4.39 Å². The molecule has 5 heteroatoms. The Hall–Kier alpha value is -1.13. The van der Waals surface area contributed by atoms with Crippen molar-refractivity contribution in [2.24, 2.45) is 0 Å². The molecule has 0 amide bonds. The summed E-state index contributed by atoms with van der Waals surface area (Å²) in [4.78, 5) is 14.2. The minimum absolute atomic E-state index is 0.214. The molecule has 2 rings (SSSR count). The molecule has 116 valence electrons. The highest BCUT2D eigenvalue weighted by atomic mass is 35.5. The molecular formula is C16H21ClFNO2. The Morgan fingerprint density at radius 2 is 2.10 bits per heavy atom. The Labute approximate surface area is 130 Å². The average molecular weight is 314 g/mol. The Bertz CT molecular complexity index is 517. The van der Waals surface area contributed by atoms with E-state index in [1.807, 2.05) is 6.92 Å². The third kappa shape index (κ3) is 3.55. The third-order valence-electron chi connectivity index (χ3n) is 4.11. The van der Waals surface area contributed by atoms with Gasteiger partial charge in [0.1, 0.15) is 5.82 Å². The zero-order valence-electron chi connectivity index (χ0n) is 12.5. The van der Waals surface area contributed by atoms with Crippen molar-refractivity contribution in [1.82, 2.24) is 4.90 Å². The summed E-state index contributed by atoms with van der Waals surface area (Å²) in [6, 6.07) is 4.37. The highest BCUT2D eigenvalue weighted by molar-refractivity contribution is 6.31. The first-order valence-electron chi connectivity index (χ1n) is 7.33. The molecule has 0 radical (unpaired) electrons. The van der Waals surface area contributed by atoms with E-state index in [-0.39, 0.29) is 18.2 Å². The van der Waals surface area contributed by atoms with E-state index in [2.05, 4.69) is 4.90 Å². The molecule has 1 unspecified atom stereocenters. The van der Waals surface area contributed by atoms with Crippen molar-refractivity contribution in [2.75, 3.05) is 19.7 Å². The summed E-state index contributed by atoms with van der Waals surface area (Å²) < 4.78 is 18.4. The van der Waals surface area contributed by atoms with Gasteiger partial charge >= 0.3 is 5.97 Å². The van der Waals surface area contributed by atoms with Crippen molar-refractivity contribution in [3.05, 3.63) is 34.6 Å². The minimum atomic E-state index is -0.562. The number of carbonyl (C=O) groups excluding carboxylic acids is 1. The van der Waals surface area contributed by atoms with E-state index in [9.17, 15) is 9.18 Å². The first-order chi connectivity index (χ1) is 9.97. The Balaban J connectivity index is 2.36. The van der Waals surface area contributed by atoms with Gasteiger partial charge in [0.2, 0.25) is 0 Å². The van der Waals surface area contributed by atoms with Gasteiger partial charge in [-0.25, -0.2) is 4.39 Å². The van der Waals surface area contributed by atoms with Crippen LogP contribution in [-0.2, 0) is 15.1 Å². The van der Waals surface area contributed by atoms with E-state index in [1.165, 1.54) is 12.1 Å². The van der Waals surface area contributed by atoms with Crippen molar-refractivity contribution >= 4 is 17.6 Å². The van der Waals surface area contributed by atoms with Crippen LogP contribution in [0.2, 0.25) is 5.02 Å². The highest BCUT2D eigenvalue weighted by Gasteiger charge is 2.39. The fraction of sp³-hybridized carbons (Fsp3) is 0.562. The van der Waals surface area contributed by atoms with Gasteiger partial charge in [-0.1, -0.05) is 17.7 Å². The lowest BCUT2D eigenvalue weighted by atomic mass is 9.86. The quantitative estimate of drug-likeness (QED) is 0.776. The predicted octanol–water partition coefficient (Wildman–Crippen LogP) is 3.74. The second kappa shape index (κ2) is 6.75. The van der Waals surface area contributed by atoms with Gasteiger partial charge in [0.05, 0.1) is 18.6 Å². The topological polar surface area (TPSA) is 29.5 Å². The van der Waals surface area contributed by atoms with Crippen molar-refractivity contribution in [1.29, 1.82) is 0 Å². The molecule has 1 saturated heterocycles. The van der Waals surface area contributed by atoms with E-state index < -0.39 is 5.54 Å². The van der Waals surface area contributed by atoms with Gasteiger partial charge in [-0.3, -0.25) is 9.69 Å². The highest BCUT2D eigenvalue weighted by Crippen LogP contribution is 2.38. The molecule has 3 nitrogen and oxygen atoms in total. The van der Waals surface area contributed by atoms with Crippen LogP contribution >= 0.6 is 11.6 Å². The molecular weight excluding hydrogens is 293 g/mol. The monoisotopic (exact) mass is 313 g/mol. The van der Waals surface area contributed by atoms with Gasteiger partial charge < -0.3 is 4.74 Å². The van der Waals surface area contributed by atoms with E-state index in [1.54, 1.807) is 13.0 Å². The normalized spacial score (nSPS) is 18.5. The predicted molar refractivity (Wildman–Crippen MR) is 80.8 cm³/mol. The van der Waals surface area contributed by atoms with E-state index in [0.717, 1.165) is 31.5 Å². The third-order valence-corrected chi connectivity index (χ3v) is 4.42. The number of halogens is 2. The van der Waals surface area contributed by atoms with Gasteiger partial charge in [-0.15, -0.1) is 0 Å². The molecule has 1 aliphatic heterocycles. The second-order valence-electron chi connectivity index (χ2n) is 5.57. The van der Waals surface area contributed by atoms with Gasteiger partial charge in [0.25, 0.3) is 0 Å². The fourth-order valence-electron chi connectivity index (χ4n) is 3.01. The van der Waals surface area contributed by atoms with Crippen LogP contribution in [-0.4, -0.2) is 30.6 Å². The Kier molecular flexibility index (Phi) is 5.22. The first-order valence-corrected chi connectivity index (χ1v) is 7.71. The fourth-order valence-corrected chi connectivity index (χ4v) is 3.38. The van der Waals surface area contributed by atoms with Crippen molar-refractivity contribution < 1.29 is 13.9 Å². The molecule has 1 heterocycles. The smallest absolute Gasteiger partial charge is 0.308 e. The maximum Gasteiger partial charge on any atom is 0.308 e. The van der Waals surface area contributed by atoms with Crippen LogP contribution in [0.15, 0.2) is 18.2 Å². The van der Waals surface area contributed by atoms with Gasteiger partial charge in [0, 0.05) is 5.02 Å². The van der Waals surface area contributed by atoms with Gasteiger partial charge in [-0.2, -0.15) is 0 Å². The Morgan fingerprint density at radius 3 is 2.67 bits per heavy atom. The molecule has 0 aromatic heterocycles. The number of benzene rings is 1. The summed E-state index contributed by atoms with van der Waals surface area (Å²) >= 11 is 6.23. The molecule has 1 aromatic carbocycles. The number of likely N-dealkylation sites (tertiary alicyclic amines) is 1. The van der Waals surface area contributed by atoms with Crippen LogP contribution in [0, 0.1) is 5.82 Å². The molecule has 1 fully saturated rings. The minimum Gasteiger partial charge on any atom is -0.466 e. The number of nitrogens with zero attached hydrogens (tertiary/aromatic N) is 1. The molecule has 0 N–H and O–H groups in total. The summed E-state index contributed by atoms with van der Waals surface area (Å²) in [5, 5.41) is 0.355. The molecule has 0 spiro atoms. The zero-order valence-corrected chi connectivity index (χ0v) is 13.3. The maximum absolute atomic E-state index is 13.3. The van der Waals surface area contributed by atoms with E-state index in [4.69, 9.17) is 16.3 Å². The Morgan fingerprint density at radius 1 is 1.43 bits per heavy atom. The van der Waals surface area contributed by atoms with Crippen LogP contribution in [0.5, 0.6) is 0 Å². The van der Waals surface area contributed by atoms with Crippen molar-refractivity contribution in [3.63, 3.8) is 0 Å². The van der Waals surface area contributed by atoms with Crippen LogP contribution < -0.4 is 0 Å². The first kappa shape index (κ1) is 16.2. The summed E-state index contributed by atoms with van der Waals surface area (Å²) in [5.41, 5.74) is 0.216. The van der Waals surface area contributed by atoms with Crippen molar-refractivity contribution in [3.8, 4) is 0 Å². The molecule has 1 atom stereocenters. The summed E-state index contributed by atoms with van der Waals surface area (Å²) in [6.07, 6.45) is 2.40. The maximum atomic E-state index is 13.3. The number of hydrogen-bond acceptors (Lipinski definition) is 3. The standard InChI is InChI=1S/C16H21ClFNO2/c1-3-21-15(20)11-16(2,19-8-4-5-9-19)13-7-6-12(18)10-14(13)17/h6-7,10H,3-5,8-9,11H2,1-2H3. The molecule has 0 bridgehead atoms. The molecule has 1 aromatic rings. The second-order valence-corrected chi connectivity index (χ2v) is 5.98. The zero-order chi connectivity index (χ0) is 15.5. The number of ether oxygens (including phenoxy) is 1. The van der Waals surface area contributed by atoms with Gasteiger partial charge in [-0.05, 0) is 57.5 Å². The largest absolute Gasteiger partial charge is 0.466 e.